The Morgan fingerprint density at radius 3 is 2.94 bits per heavy atom. The molecule has 0 unspecified atom stereocenters. The van der Waals surface area contributed by atoms with E-state index >= 15 is 0 Å². The van der Waals surface area contributed by atoms with Crippen molar-refractivity contribution in [1.29, 1.82) is 0 Å². The summed E-state index contributed by atoms with van der Waals surface area (Å²) < 4.78 is 6.87. The normalized spacial score (nSPS) is 10.9. The predicted octanol–water partition coefficient (Wildman–Crippen LogP) is 0.599. The molecule has 1 heterocycles. The SMILES string of the molecule is CCNCc1nnnn1CCCCCOC. The fraction of sp³-hybridized carbons (Fsp3) is 0.900. The van der Waals surface area contributed by atoms with Gasteiger partial charge < -0.3 is 10.1 Å². The zero-order valence-electron chi connectivity index (χ0n) is 10.1. The van der Waals surface area contributed by atoms with E-state index in [2.05, 4.69) is 27.8 Å². The van der Waals surface area contributed by atoms with E-state index in [-0.39, 0.29) is 0 Å². The Balaban J connectivity index is 2.22. The van der Waals surface area contributed by atoms with Crippen molar-refractivity contribution >= 4 is 0 Å². The highest BCUT2D eigenvalue weighted by Gasteiger charge is 2.04. The Morgan fingerprint density at radius 1 is 1.31 bits per heavy atom. The summed E-state index contributed by atoms with van der Waals surface area (Å²) in [6.07, 6.45) is 3.34. The van der Waals surface area contributed by atoms with E-state index in [1.165, 1.54) is 0 Å². The highest BCUT2D eigenvalue weighted by molar-refractivity contribution is 4.79. The van der Waals surface area contributed by atoms with Crippen molar-refractivity contribution in [1.82, 2.24) is 25.5 Å². The molecule has 0 aliphatic rings. The monoisotopic (exact) mass is 227 g/mol. The van der Waals surface area contributed by atoms with E-state index in [1.54, 1.807) is 7.11 Å². The molecule has 0 bridgehead atoms. The topological polar surface area (TPSA) is 64.9 Å². The lowest BCUT2D eigenvalue weighted by Gasteiger charge is -2.04. The molecule has 6 heteroatoms. The maximum absolute atomic E-state index is 5.00. The number of hydrogen-bond donors (Lipinski definition) is 1. The number of tetrazole rings is 1. The third-order valence-electron chi connectivity index (χ3n) is 2.36. The first-order chi connectivity index (χ1) is 7.88. The summed E-state index contributed by atoms with van der Waals surface area (Å²) in [4.78, 5) is 0. The summed E-state index contributed by atoms with van der Waals surface area (Å²) in [7, 11) is 1.73. The Morgan fingerprint density at radius 2 is 2.19 bits per heavy atom. The zero-order chi connectivity index (χ0) is 11.6. The quantitative estimate of drug-likeness (QED) is 0.626. The van der Waals surface area contributed by atoms with Gasteiger partial charge >= 0.3 is 0 Å². The second-order valence-corrected chi connectivity index (χ2v) is 3.65. The largest absolute Gasteiger partial charge is 0.385 e. The van der Waals surface area contributed by atoms with Crippen LogP contribution in [0.25, 0.3) is 0 Å². The smallest absolute Gasteiger partial charge is 0.165 e. The molecule has 0 spiro atoms. The van der Waals surface area contributed by atoms with Gasteiger partial charge in [-0.1, -0.05) is 6.92 Å². The maximum atomic E-state index is 5.00. The van der Waals surface area contributed by atoms with Crippen LogP contribution in [0.1, 0.15) is 32.0 Å². The van der Waals surface area contributed by atoms with Crippen LogP contribution in [0, 0.1) is 0 Å². The molecule has 16 heavy (non-hydrogen) atoms. The number of methoxy groups -OCH3 is 1. The van der Waals surface area contributed by atoms with Gasteiger partial charge in [-0.15, -0.1) is 5.10 Å². The molecule has 92 valence electrons. The van der Waals surface area contributed by atoms with Crippen molar-refractivity contribution in [3.05, 3.63) is 5.82 Å². The summed E-state index contributed by atoms with van der Waals surface area (Å²) in [5.41, 5.74) is 0. The summed E-state index contributed by atoms with van der Waals surface area (Å²) in [5, 5.41) is 14.9. The predicted molar refractivity (Wildman–Crippen MR) is 60.9 cm³/mol. The summed E-state index contributed by atoms with van der Waals surface area (Å²) in [6.45, 7) is 5.46. The number of nitrogens with zero attached hydrogens (tertiary/aromatic N) is 4. The molecule has 1 aromatic heterocycles. The second kappa shape index (κ2) is 8.18. The lowest BCUT2D eigenvalue weighted by molar-refractivity contribution is 0.191. The lowest BCUT2D eigenvalue weighted by atomic mass is 10.2. The summed E-state index contributed by atoms with van der Waals surface area (Å²) >= 11 is 0. The molecule has 0 atom stereocenters. The molecule has 0 saturated carbocycles. The van der Waals surface area contributed by atoms with Crippen molar-refractivity contribution in [2.75, 3.05) is 20.3 Å². The van der Waals surface area contributed by atoms with Crippen LogP contribution in [-0.4, -0.2) is 40.5 Å². The van der Waals surface area contributed by atoms with Crippen LogP contribution in [0.15, 0.2) is 0 Å². The van der Waals surface area contributed by atoms with Crippen LogP contribution in [0.5, 0.6) is 0 Å². The van der Waals surface area contributed by atoms with E-state index in [0.717, 1.165) is 51.3 Å². The Kier molecular flexibility index (Phi) is 6.67. The summed E-state index contributed by atoms with van der Waals surface area (Å²) in [6, 6.07) is 0. The number of ether oxygens (including phenoxy) is 1. The first-order valence-electron chi connectivity index (χ1n) is 5.83. The third kappa shape index (κ3) is 4.67. The van der Waals surface area contributed by atoms with Gasteiger partial charge in [0.1, 0.15) is 0 Å². The van der Waals surface area contributed by atoms with E-state index in [9.17, 15) is 0 Å². The number of aryl methyl sites for hydroxylation is 1. The maximum Gasteiger partial charge on any atom is 0.165 e. The number of rotatable bonds is 9. The molecule has 0 aromatic carbocycles. The molecular weight excluding hydrogens is 206 g/mol. The van der Waals surface area contributed by atoms with Crippen molar-refractivity contribution in [2.24, 2.45) is 0 Å². The minimum Gasteiger partial charge on any atom is -0.385 e. The fourth-order valence-electron chi connectivity index (χ4n) is 1.45. The number of nitrogens with one attached hydrogen (secondary N) is 1. The molecule has 0 fully saturated rings. The summed E-state index contributed by atoms with van der Waals surface area (Å²) in [5.74, 6) is 0.911. The van der Waals surface area contributed by atoms with E-state index in [1.807, 2.05) is 4.68 Å². The molecule has 1 aromatic rings. The van der Waals surface area contributed by atoms with Crippen LogP contribution in [0.4, 0.5) is 0 Å². The standard InChI is InChI=1S/C10H21N5O/c1-3-11-9-10-12-13-14-15(10)7-5-4-6-8-16-2/h11H,3-9H2,1-2H3. The molecule has 0 aliphatic heterocycles. The molecular formula is C10H21N5O. The van der Waals surface area contributed by atoms with Gasteiger partial charge in [0.2, 0.25) is 0 Å². The third-order valence-corrected chi connectivity index (χ3v) is 2.36. The van der Waals surface area contributed by atoms with Gasteiger partial charge in [0.05, 0.1) is 6.54 Å². The van der Waals surface area contributed by atoms with Crippen molar-refractivity contribution in [3.8, 4) is 0 Å². The molecule has 1 rings (SSSR count). The second-order valence-electron chi connectivity index (χ2n) is 3.65. The first kappa shape index (κ1) is 13.1. The van der Waals surface area contributed by atoms with E-state index in [4.69, 9.17) is 4.74 Å². The molecule has 0 radical (unpaired) electrons. The average molecular weight is 227 g/mol. The minimum atomic E-state index is 0.738. The molecule has 1 N–H and O–H groups in total. The Bertz CT molecular complexity index is 276. The van der Waals surface area contributed by atoms with Crippen LogP contribution in [0.3, 0.4) is 0 Å². The van der Waals surface area contributed by atoms with Gasteiger partial charge in [-0.05, 0) is 36.2 Å². The van der Waals surface area contributed by atoms with Crippen molar-refractivity contribution in [3.63, 3.8) is 0 Å². The highest BCUT2D eigenvalue weighted by Crippen LogP contribution is 2.00. The highest BCUT2D eigenvalue weighted by atomic mass is 16.5. The van der Waals surface area contributed by atoms with Crippen LogP contribution in [-0.2, 0) is 17.8 Å². The molecule has 6 nitrogen and oxygen atoms in total. The average Bonchev–Trinajstić information content (AvgIpc) is 2.74. The van der Waals surface area contributed by atoms with Gasteiger partial charge in [0.25, 0.3) is 0 Å². The van der Waals surface area contributed by atoms with Gasteiger partial charge in [-0.25, -0.2) is 4.68 Å². The van der Waals surface area contributed by atoms with E-state index < -0.39 is 0 Å². The first-order valence-corrected chi connectivity index (χ1v) is 5.83. The minimum absolute atomic E-state index is 0.738. The van der Waals surface area contributed by atoms with Gasteiger partial charge in [0.15, 0.2) is 5.82 Å². The number of aromatic nitrogens is 4. The molecule has 0 saturated heterocycles. The van der Waals surface area contributed by atoms with Crippen LogP contribution >= 0.6 is 0 Å². The Hall–Kier alpha value is -1.01. The number of hydrogen-bond acceptors (Lipinski definition) is 5. The molecule has 0 aliphatic carbocycles. The Labute approximate surface area is 96.4 Å². The fourth-order valence-corrected chi connectivity index (χ4v) is 1.45. The van der Waals surface area contributed by atoms with Gasteiger partial charge in [-0.2, -0.15) is 0 Å². The van der Waals surface area contributed by atoms with Crippen LogP contribution in [0.2, 0.25) is 0 Å². The van der Waals surface area contributed by atoms with Crippen LogP contribution < -0.4 is 5.32 Å². The van der Waals surface area contributed by atoms with Gasteiger partial charge in [0, 0.05) is 20.3 Å². The number of unbranched alkanes of at least 4 members (excludes halogenated alkanes) is 2. The van der Waals surface area contributed by atoms with Crippen molar-refractivity contribution < 1.29 is 4.74 Å². The van der Waals surface area contributed by atoms with Gasteiger partial charge in [-0.3, -0.25) is 0 Å². The molecule has 0 amide bonds. The van der Waals surface area contributed by atoms with E-state index in [0.29, 0.717) is 0 Å². The zero-order valence-corrected chi connectivity index (χ0v) is 10.1. The van der Waals surface area contributed by atoms with Crippen molar-refractivity contribution in [2.45, 2.75) is 39.3 Å². The lowest BCUT2D eigenvalue weighted by Crippen LogP contribution is -2.17.